The highest BCUT2D eigenvalue weighted by Gasteiger charge is 2.13. The van der Waals surface area contributed by atoms with Gasteiger partial charge in [0.15, 0.2) is 0 Å². The second kappa shape index (κ2) is 38.3. The van der Waals surface area contributed by atoms with E-state index in [2.05, 4.69) is 19.2 Å². The number of ether oxygens (including phenoxy) is 5. The number of nitrogens with one attached hydrogen (secondary N) is 1. The monoisotopic (exact) mass is 630 g/mol. The average molecular weight is 630 g/mol. The molecular weight excluding hydrogens is 554 g/mol. The van der Waals surface area contributed by atoms with Gasteiger partial charge in [0.1, 0.15) is 12.7 Å². The van der Waals surface area contributed by atoms with E-state index in [-0.39, 0.29) is 12.7 Å². The van der Waals surface area contributed by atoms with Gasteiger partial charge in [0.05, 0.1) is 26.4 Å². The maximum Gasteiger partial charge on any atom is 0.407 e. The van der Waals surface area contributed by atoms with Crippen molar-refractivity contribution in [3.8, 4) is 0 Å². The van der Waals surface area contributed by atoms with Gasteiger partial charge in [-0.1, -0.05) is 155 Å². The molecule has 1 atom stereocenters. The number of carbonyl (C=O) groups excluding carboxylic acids is 1. The Morgan fingerprint density at radius 3 is 1.43 bits per heavy atom. The first-order valence-corrected chi connectivity index (χ1v) is 18.9. The Kier molecular flexibility index (Phi) is 37.5. The minimum Gasteiger partial charge on any atom is -0.447 e. The van der Waals surface area contributed by atoms with Crippen LogP contribution in [0.5, 0.6) is 0 Å². The lowest BCUT2D eigenvalue weighted by molar-refractivity contribution is -0.0469. The Balaban J connectivity index is 3.99. The number of methoxy groups -OCH3 is 1. The lowest BCUT2D eigenvalue weighted by Crippen LogP contribution is -2.33. The standard InChI is InChI=1S/C37H75NO6/c1-4-6-8-10-12-14-16-18-20-22-24-26-29-42-34-36(35-44-37(39)38-28-31-41-33-32-40-3)43-30-27-25-23-21-19-17-15-13-11-9-7-5-2/h36H,4-35H2,1-3H3,(H,38,39). The summed E-state index contributed by atoms with van der Waals surface area (Å²) in [6, 6.07) is 0. The van der Waals surface area contributed by atoms with Gasteiger partial charge in [-0.2, -0.15) is 0 Å². The van der Waals surface area contributed by atoms with Crippen LogP contribution in [-0.2, 0) is 23.7 Å². The lowest BCUT2D eigenvalue weighted by atomic mass is 10.1. The van der Waals surface area contributed by atoms with Crippen LogP contribution in [0.2, 0.25) is 0 Å². The molecule has 0 bridgehead atoms. The minimum atomic E-state index is -0.444. The highest BCUT2D eigenvalue weighted by Crippen LogP contribution is 2.13. The van der Waals surface area contributed by atoms with Crippen molar-refractivity contribution in [1.82, 2.24) is 5.32 Å². The summed E-state index contributed by atoms with van der Waals surface area (Å²) in [5.74, 6) is 0. The molecule has 1 N–H and O–H groups in total. The molecule has 1 amide bonds. The average Bonchev–Trinajstić information content (AvgIpc) is 3.03. The Hall–Kier alpha value is -0.890. The highest BCUT2D eigenvalue weighted by molar-refractivity contribution is 5.67. The van der Waals surface area contributed by atoms with E-state index in [1.165, 1.54) is 141 Å². The molecule has 44 heavy (non-hydrogen) atoms. The predicted molar refractivity (Wildman–Crippen MR) is 185 cm³/mol. The van der Waals surface area contributed by atoms with Crippen LogP contribution >= 0.6 is 0 Å². The summed E-state index contributed by atoms with van der Waals surface area (Å²) in [6.07, 6.45) is 31.2. The molecule has 0 aromatic heterocycles. The SMILES string of the molecule is CCCCCCCCCCCCCCOCC(COC(=O)NCCOCCOC)OCCCCCCCCCCCCCC. The minimum absolute atomic E-state index is 0.201. The third kappa shape index (κ3) is 35.6. The topological polar surface area (TPSA) is 75.3 Å². The van der Waals surface area contributed by atoms with Gasteiger partial charge in [-0.15, -0.1) is 0 Å². The van der Waals surface area contributed by atoms with Gasteiger partial charge in [0.2, 0.25) is 0 Å². The van der Waals surface area contributed by atoms with Crippen LogP contribution in [0.15, 0.2) is 0 Å². The van der Waals surface area contributed by atoms with Crippen LogP contribution in [0.1, 0.15) is 168 Å². The number of hydrogen-bond donors (Lipinski definition) is 1. The Bertz CT molecular complexity index is 550. The second-order valence-corrected chi connectivity index (χ2v) is 12.5. The van der Waals surface area contributed by atoms with E-state index in [1.54, 1.807) is 7.11 Å². The second-order valence-electron chi connectivity index (χ2n) is 12.5. The van der Waals surface area contributed by atoms with Crippen LogP contribution < -0.4 is 5.32 Å². The fourth-order valence-electron chi connectivity index (χ4n) is 5.29. The van der Waals surface area contributed by atoms with Gasteiger partial charge in [-0.3, -0.25) is 0 Å². The molecule has 264 valence electrons. The maximum atomic E-state index is 12.1. The van der Waals surface area contributed by atoms with Crippen LogP contribution in [0.25, 0.3) is 0 Å². The molecule has 1 unspecified atom stereocenters. The van der Waals surface area contributed by atoms with Gasteiger partial charge in [-0.05, 0) is 12.8 Å². The first-order chi connectivity index (χ1) is 21.7. The largest absolute Gasteiger partial charge is 0.447 e. The van der Waals surface area contributed by atoms with Gasteiger partial charge in [0.25, 0.3) is 0 Å². The van der Waals surface area contributed by atoms with E-state index >= 15 is 0 Å². The molecule has 0 spiro atoms. The number of rotatable bonds is 37. The van der Waals surface area contributed by atoms with Crippen molar-refractivity contribution >= 4 is 6.09 Å². The first-order valence-electron chi connectivity index (χ1n) is 18.9. The molecule has 0 radical (unpaired) electrons. The van der Waals surface area contributed by atoms with Crippen LogP contribution in [0.3, 0.4) is 0 Å². The molecule has 0 fully saturated rings. The van der Waals surface area contributed by atoms with Crippen molar-refractivity contribution in [3.05, 3.63) is 0 Å². The number of unbranched alkanes of at least 4 members (excludes halogenated alkanes) is 22. The molecule has 7 nitrogen and oxygen atoms in total. The molecule has 0 aliphatic heterocycles. The highest BCUT2D eigenvalue weighted by atomic mass is 16.6. The Labute approximate surface area is 273 Å². The van der Waals surface area contributed by atoms with E-state index in [4.69, 9.17) is 23.7 Å². The molecular formula is C37H75NO6. The van der Waals surface area contributed by atoms with Crippen LogP contribution in [-0.4, -0.2) is 72.1 Å². The fourth-order valence-corrected chi connectivity index (χ4v) is 5.29. The molecule has 0 aromatic rings. The molecule has 0 saturated carbocycles. The van der Waals surface area contributed by atoms with Crippen molar-refractivity contribution in [2.24, 2.45) is 0 Å². The summed E-state index contributed by atoms with van der Waals surface area (Å²) in [5.41, 5.74) is 0. The van der Waals surface area contributed by atoms with Gasteiger partial charge >= 0.3 is 6.09 Å². The third-order valence-electron chi connectivity index (χ3n) is 8.15. The molecule has 0 aromatic carbocycles. The predicted octanol–water partition coefficient (Wildman–Crippen LogP) is 10.2. The van der Waals surface area contributed by atoms with Crippen molar-refractivity contribution in [2.75, 3.05) is 59.9 Å². The van der Waals surface area contributed by atoms with E-state index in [9.17, 15) is 4.79 Å². The van der Waals surface area contributed by atoms with E-state index < -0.39 is 6.09 Å². The van der Waals surface area contributed by atoms with Gasteiger partial charge in [-0.25, -0.2) is 4.79 Å². The summed E-state index contributed by atoms with van der Waals surface area (Å²) >= 11 is 0. The summed E-state index contributed by atoms with van der Waals surface area (Å²) < 4.78 is 27.8. The van der Waals surface area contributed by atoms with Crippen molar-refractivity contribution in [3.63, 3.8) is 0 Å². The van der Waals surface area contributed by atoms with E-state index in [1.807, 2.05) is 0 Å². The number of alkyl carbamates (subject to hydrolysis) is 1. The Morgan fingerprint density at radius 1 is 0.500 bits per heavy atom. The zero-order chi connectivity index (χ0) is 32.0. The summed E-state index contributed by atoms with van der Waals surface area (Å²) in [5, 5.41) is 2.73. The van der Waals surface area contributed by atoms with E-state index in [0.717, 1.165) is 19.4 Å². The lowest BCUT2D eigenvalue weighted by Gasteiger charge is -2.18. The summed E-state index contributed by atoms with van der Waals surface area (Å²) in [7, 11) is 1.64. The van der Waals surface area contributed by atoms with Gasteiger partial charge < -0.3 is 29.0 Å². The van der Waals surface area contributed by atoms with Crippen molar-refractivity contribution in [1.29, 1.82) is 0 Å². The number of amides is 1. The molecule has 7 heteroatoms. The molecule has 0 aliphatic carbocycles. The fraction of sp³-hybridized carbons (Fsp3) is 0.973. The smallest absolute Gasteiger partial charge is 0.407 e. The van der Waals surface area contributed by atoms with E-state index in [0.29, 0.717) is 39.6 Å². The quantitative estimate of drug-likeness (QED) is 0.0689. The zero-order valence-electron chi connectivity index (χ0n) is 29.7. The Morgan fingerprint density at radius 2 is 0.955 bits per heavy atom. The number of carbonyl (C=O) groups is 1. The normalized spacial score (nSPS) is 12.1. The summed E-state index contributed by atoms with van der Waals surface area (Å²) in [4.78, 5) is 12.1. The maximum absolute atomic E-state index is 12.1. The third-order valence-corrected chi connectivity index (χ3v) is 8.15. The summed E-state index contributed by atoms with van der Waals surface area (Å²) in [6.45, 7) is 8.53. The van der Waals surface area contributed by atoms with Crippen molar-refractivity contribution < 1.29 is 28.5 Å². The molecule has 0 aliphatic rings. The molecule has 0 heterocycles. The van der Waals surface area contributed by atoms with Gasteiger partial charge in [0, 0.05) is 26.9 Å². The molecule has 0 saturated heterocycles. The van der Waals surface area contributed by atoms with Crippen molar-refractivity contribution in [2.45, 2.75) is 174 Å². The first kappa shape index (κ1) is 43.1. The molecule has 0 rings (SSSR count). The van der Waals surface area contributed by atoms with Crippen LogP contribution in [0.4, 0.5) is 4.79 Å². The number of hydrogen-bond acceptors (Lipinski definition) is 6. The zero-order valence-corrected chi connectivity index (χ0v) is 29.7. The van der Waals surface area contributed by atoms with Crippen LogP contribution in [0, 0.1) is 0 Å².